The van der Waals surface area contributed by atoms with Gasteiger partial charge in [0.2, 0.25) is 0 Å². The molecule has 0 aliphatic carbocycles. The molecule has 1 amide bonds. The van der Waals surface area contributed by atoms with Crippen molar-refractivity contribution in [2.75, 3.05) is 32.6 Å². The summed E-state index contributed by atoms with van der Waals surface area (Å²) in [5.74, 6) is -0.0313. The van der Waals surface area contributed by atoms with Crippen molar-refractivity contribution in [2.45, 2.75) is 11.8 Å². The molecule has 2 aromatic carbocycles. The molecular formula is C20H23NO7S. The molecule has 1 N–H and O–H groups in total. The number of hydrogen-bond donors (Lipinski definition) is 1. The standard InChI is InChI=1S/C20H23NO7S/c1-3-26-15-8-10-16(11-9-15)27-13-12-21-19(22)14-28-20(23)17-6-4-5-7-18(17)29(2,24)25/h4-11H,3,12-14H2,1-2H3,(H,21,22). The minimum absolute atomic E-state index is 0.110. The molecule has 0 radical (unpaired) electrons. The van der Waals surface area contributed by atoms with Gasteiger partial charge in [-0.15, -0.1) is 0 Å². The fourth-order valence-electron chi connectivity index (χ4n) is 2.38. The first-order valence-electron chi connectivity index (χ1n) is 8.90. The third kappa shape index (κ3) is 7.11. The van der Waals surface area contributed by atoms with Crippen LogP contribution in [0.2, 0.25) is 0 Å². The van der Waals surface area contributed by atoms with Gasteiger partial charge in [0.25, 0.3) is 5.91 Å². The predicted molar refractivity (Wildman–Crippen MR) is 106 cm³/mol. The van der Waals surface area contributed by atoms with E-state index in [0.29, 0.717) is 12.4 Å². The van der Waals surface area contributed by atoms with Gasteiger partial charge >= 0.3 is 5.97 Å². The lowest BCUT2D eigenvalue weighted by atomic mass is 10.2. The Hall–Kier alpha value is -3.07. The molecule has 0 spiro atoms. The number of carbonyl (C=O) groups excluding carboxylic acids is 2. The maximum absolute atomic E-state index is 12.1. The Morgan fingerprint density at radius 1 is 0.966 bits per heavy atom. The summed E-state index contributed by atoms with van der Waals surface area (Å²) in [7, 11) is -3.59. The fourth-order valence-corrected chi connectivity index (χ4v) is 3.25. The summed E-state index contributed by atoms with van der Waals surface area (Å²) in [6.07, 6.45) is 0.996. The van der Waals surface area contributed by atoms with Gasteiger partial charge in [-0.25, -0.2) is 13.2 Å². The van der Waals surface area contributed by atoms with E-state index < -0.39 is 28.3 Å². The number of benzene rings is 2. The first kappa shape index (κ1) is 22.2. The van der Waals surface area contributed by atoms with Gasteiger partial charge in [0.15, 0.2) is 16.4 Å². The SMILES string of the molecule is CCOc1ccc(OCCNC(=O)COC(=O)c2ccccc2S(C)(=O)=O)cc1. The zero-order chi connectivity index (χ0) is 21.3. The molecule has 8 nitrogen and oxygen atoms in total. The van der Waals surface area contributed by atoms with Gasteiger partial charge in [-0.2, -0.15) is 0 Å². The third-order valence-corrected chi connectivity index (χ3v) is 4.82. The van der Waals surface area contributed by atoms with E-state index in [9.17, 15) is 18.0 Å². The lowest BCUT2D eigenvalue weighted by Gasteiger charge is -2.10. The van der Waals surface area contributed by atoms with Crippen LogP contribution in [-0.2, 0) is 19.4 Å². The molecule has 0 aromatic heterocycles. The minimum Gasteiger partial charge on any atom is -0.494 e. The summed E-state index contributed by atoms with van der Waals surface area (Å²) < 4.78 is 39.2. The Morgan fingerprint density at radius 2 is 1.59 bits per heavy atom. The minimum atomic E-state index is -3.59. The van der Waals surface area contributed by atoms with Crippen molar-refractivity contribution in [1.82, 2.24) is 5.32 Å². The van der Waals surface area contributed by atoms with Gasteiger partial charge in [0.1, 0.15) is 18.1 Å². The molecule has 156 valence electrons. The second kappa shape index (κ2) is 10.5. The Bertz CT molecular complexity index is 940. The Labute approximate surface area is 169 Å². The average Bonchev–Trinajstić information content (AvgIpc) is 2.70. The van der Waals surface area contributed by atoms with Gasteiger partial charge in [0.05, 0.1) is 23.6 Å². The highest BCUT2D eigenvalue weighted by atomic mass is 32.2. The summed E-state index contributed by atoms with van der Waals surface area (Å²) in [4.78, 5) is 23.8. The van der Waals surface area contributed by atoms with Gasteiger partial charge in [-0.3, -0.25) is 4.79 Å². The lowest BCUT2D eigenvalue weighted by molar-refractivity contribution is -0.124. The Kier molecular flexibility index (Phi) is 8.02. The summed E-state index contributed by atoms with van der Waals surface area (Å²) >= 11 is 0. The van der Waals surface area contributed by atoms with Crippen molar-refractivity contribution in [3.63, 3.8) is 0 Å². The molecule has 0 fully saturated rings. The molecule has 0 unspecified atom stereocenters. The van der Waals surface area contributed by atoms with E-state index in [-0.39, 0.29) is 23.6 Å². The van der Waals surface area contributed by atoms with Gasteiger partial charge in [-0.1, -0.05) is 12.1 Å². The van der Waals surface area contributed by atoms with Crippen LogP contribution in [0.4, 0.5) is 0 Å². The van der Waals surface area contributed by atoms with Crippen molar-refractivity contribution in [1.29, 1.82) is 0 Å². The van der Waals surface area contributed by atoms with E-state index in [1.807, 2.05) is 6.92 Å². The molecule has 0 saturated heterocycles. The lowest BCUT2D eigenvalue weighted by Crippen LogP contribution is -2.32. The van der Waals surface area contributed by atoms with Crippen LogP contribution >= 0.6 is 0 Å². The maximum Gasteiger partial charge on any atom is 0.339 e. The normalized spacial score (nSPS) is 10.8. The molecule has 29 heavy (non-hydrogen) atoms. The summed E-state index contributed by atoms with van der Waals surface area (Å²) in [5, 5.41) is 2.55. The maximum atomic E-state index is 12.1. The smallest absolute Gasteiger partial charge is 0.339 e. The third-order valence-electron chi connectivity index (χ3n) is 3.67. The number of nitrogens with one attached hydrogen (secondary N) is 1. The van der Waals surface area contributed by atoms with Crippen LogP contribution in [0.25, 0.3) is 0 Å². The molecule has 9 heteroatoms. The number of esters is 1. The predicted octanol–water partition coefficient (Wildman–Crippen LogP) is 1.84. The highest BCUT2D eigenvalue weighted by molar-refractivity contribution is 7.90. The molecule has 0 heterocycles. The molecule has 2 aromatic rings. The van der Waals surface area contributed by atoms with Crippen LogP contribution in [0, 0.1) is 0 Å². The first-order chi connectivity index (χ1) is 13.8. The van der Waals surface area contributed by atoms with Gasteiger partial charge < -0.3 is 19.5 Å². The zero-order valence-electron chi connectivity index (χ0n) is 16.2. The summed E-state index contributed by atoms with van der Waals surface area (Å²) in [6.45, 7) is 2.39. The number of sulfone groups is 1. The molecule has 0 bridgehead atoms. The second-order valence-corrected chi connectivity index (χ2v) is 7.93. The Morgan fingerprint density at radius 3 is 2.21 bits per heavy atom. The number of hydrogen-bond acceptors (Lipinski definition) is 7. The molecule has 0 atom stereocenters. The summed E-state index contributed by atoms with van der Waals surface area (Å²) in [6, 6.07) is 12.7. The highest BCUT2D eigenvalue weighted by Crippen LogP contribution is 2.17. The molecule has 0 saturated carbocycles. The van der Waals surface area contributed by atoms with E-state index in [1.54, 1.807) is 24.3 Å². The summed E-state index contributed by atoms with van der Waals surface area (Å²) in [5.41, 5.74) is -0.110. The topological polar surface area (TPSA) is 108 Å². The second-order valence-electron chi connectivity index (χ2n) is 5.95. The monoisotopic (exact) mass is 421 g/mol. The largest absolute Gasteiger partial charge is 0.494 e. The number of amides is 1. The van der Waals surface area contributed by atoms with Gasteiger partial charge in [0, 0.05) is 6.26 Å². The van der Waals surface area contributed by atoms with Crippen LogP contribution < -0.4 is 14.8 Å². The molecular weight excluding hydrogens is 398 g/mol. The molecule has 0 aliphatic heterocycles. The van der Waals surface area contributed by atoms with E-state index in [0.717, 1.165) is 12.0 Å². The van der Waals surface area contributed by atoms with Crippen molar-refractivity contribution < 1.29 is 32.2 Å². The number of rotatable bonds is 10. The van der Waals surface area contributed by atoms with Crippen molar-refractivity contribution in [2.24, 2.45) is 0 Å². The Balaban J connectivity index is 1.74. The first-order valence-corrected chi connectivity index (χ1v) is 10.8. The van der Waals surface area contributed by atoms with Crippen molar-refractivity contribution >= 4 is 21.7 Å². The van der Waals surface area contributed by atoms with Crippen LogP contribution in [0.5, 0.6) is 11.5 Å². The fraction of sp³-hybridized carbons (Fsp3) is 0.300. The molecule has 2 rings (SSSR count). The van der Waals surface area contributed by atoms with E-state index >= 15 is 0 Å². The van der Waals surface area contributed by atoms with E-state index in [4.69, 9.17) is 14.2 Å². The average molecular weight is 421 g/mol. The zero-order valence-corrected chi connectivity index (χ0v) is 17.0. The van der Waals surface area contributed by atoms with E-state index in [1.165, 1.54) is 24.3 Å². The van der Waals surface area contributed by atoms with E-state index in [2.05, 4.69) is 5.32 Å². The van der Waals surface area contributed by atoms with Crippen LogP contribution in [0.3, 0.4) is 0 Å². The molecule has 0 aliphatic rings. The quantitative estimate of drug-likeness (QED) is 0.461. The number of carbonyl (C=O) groups is 2. The highest BCUT2D eigenvalue weighted by Gasteiger charge is 2.19. The van der Waals surface area contributed by atoms with Crippen LogP contribution in [0.1, 0.15) is 17.3 Å². The van der Waals surface area contributed by atoms with Crippen molar-refractivity contribution in [3.05, 3.63) is 54.1 Å². The van der Waals surface area contributed by atoms with Crippen molar-refractivity contribution in [3.8, 4) is 11.5 Å². The van der Waals surface area contributed by atoms with Crippen LogP contribution in [0.15, 0.2) is 53.4 Å². The van der Waals surface area contributed by atoms with Crippen LogP contribution in [-0.4, -0.2) is 52.9 Å². The van der Waals surface area contributed by atoms with Gasteiger partial charge in [-0.05, 0) is 43.3 Å². The number of ether oxygens (including phenoxy) is 3.